The third kappa shape index (κ3) is 6.92. The van der Waals surface area contributed by atoms with E-state index in [1.54, 1.807) is 20.8 Å². The summed E-state index contributed by atoms with van der Waals surface area (Å²) in [6.07, 6.45) is 4.80. The molecule has 2 fully saturated rings. The van der Waals surface area contributed by atoms with Gasteiger partial charge in [-0.3, -0.25) is 9.59 Å². The van der Waals surface area contributed by atoms with Crippen LogP contribution in [-0.2, 0) is 14.3 Å². The summed E-state index contributed by atoms with van der Waals surface area (Å²) in [4.78, 5) is 36.0. The van der Waals surface area contributed by atoms with E-state index >= 15 is 0 Å². The molecule has 0 radical (unpaired) electrons. The van der Waals surface area contributed by atoms with Crippen molar-refractivity contribution in [3.05, 3.63) is 0 Å². The van der Waals surface area contributed by atoms with E-state index in [1.807, 2.05) is 0 Å². The Kier molecular flexibility index (Phi) is 6.30. The molecule has 7 heteroatoms. The Morgan fingerprint density at radius 1 is 1.16 bits per heavy atom. The summed E-state index contributed by atoms with van der Waals surface area (Å²) in [6.45, 7) is 5.30. The van der Waals surface area contributed by atoms with Crippen LogP contribution in [0.3, 0.4) is 0 Å². The van der Waals surface area contributed by atoms with Crippen LogP contribution in [0.1, 0.15) is 65.7 Å². The second-order valence-electron chi connectivity index (χ2n) is 8.27. The molecule has 0 aliphatic heterocycles. The molecule has 0 heterocycles. The number of rotatable bonds is 8. The quantitative estimate of drug-likeness (QED) is 0.621. The average Bonchev–Trinajstić information content (AvgIpc) is 3.20. The summed E-state index contributed by atoms with van der Waals surface area (Å²) in [5, 5.41) is 14.9. The van der Waals surface area contributed by atoms with Gasteiger partial charge in [0, 0.05) is 12.1 Å². The maximum absolute atomic E-state index is 12.6. The van der Waals surface area contributed by atoms with Crippen molar-refractivity contribution in [3.63, 3.8) is 0 Å². The topological polar surface area (TPSA) is 105 Å². The molecule has 2 atom stereocenters. The van der Waals surface area contributed by atoms with E-state index in [4.69, 9.17) is 4.74 Å². The largest absolute Gasteiger partial charge is 0.481 e. The zero-order valence-electron chi connectivity index (χ0n) is 15.3. The van der Waals surface area contributed by atoms with Gasteiger partial charge in [-0.1, -0.05) is 19.3 Å². The second-order valence-corrected chi connectivity index (χ2v) is 8.27. The first-order chi connectivity index (χ1) is 11.6. The minimum atomic E-state index is -1.04. The van der Waals surface area contributed by atoms with Gasteiger partial charge in [0.1, 0.15) is 5.60 Å². The Hall–Kier alpha value is -1.79. The standard InChI is InChI=1S/C18H30N2O5/c1-18(2,3)25-17(24)20-14(9-11-5-4-6-11)13(10-15(21)22)16(23)19-12-7-8-12/h11-14H,4-10H2,1-3H3,(H,19,23)(H,20,24)(H,21,22)/t13?,14-/m0/s1. The predicted molar refractivity (Wildman–Crippen MR) is 92.0 cm³/mol. The van der Waals surface area contributed by atoms with Crippen molar-refractivity contribution in [2.45, 2.75) is 83.4 Å². The number of hydrogen-bond donors (Lipinski definition) is 3. The van der Waals surface area contributed by atoms with Crippen LogP contribution in [0.2, 0.25) is 0 Å². The van der Waals surface area contributed by atoms with Gasteiger partial charge in [-0.15, -0.1) is 0 Å². The lowest BCUT2D eigenvalue weighted by atomic mass is 9.77. The number of nitrogens with one attached hydrogen (secondary N) is 2. The first kappa shape index (κ1) is 19.5. The van der Waals surface area contributed by atoms with Gasteiger partial charge in [0.15, 0.2) is 0 Å². The second kappa shape index (κ2) is 8.06. The number of aliphatic carboxylic acids is 1. The Morgan fingerprint density at radius 2 is 1.80 bits per heavy atom. The normalized spacial score (nSPS) is 20.1. The fourth-order valence-electron chi connectivity index (χ4n) is 3.01. The smallest absolute Gasteiger partial charge is 0.407 e. The van der Waals surface area contributed by atoms with Gasteiger partial charge < -0.3 is 20.5 Å². The zero-order chi connectivity index (χ0) is 18.6. The first-order valence-electron chi connectivity index (χ1n) is 9.15. The Balaban J connectivity index is 2.07. The zero-order valence-corrected chi connectivity index (χ0v) is 15.3. The lowest BCUT2D eigenvalue weighted by molar-refractivity contribution is -0.142. The Morgan fingerprint density at radius 3 is 2.24 bits per heavy atom. The molecule has 142 valence electrons. The molecule has 2 amide bonds. The predicted octanol–water partition coefficient (Wildman–Crippen LogP) is 2.44. The summed E-state index contributed by atoms with van der Waals surface area (Å²) in [5.74, 6) is -1.69. The summed E-state index contributed by atoms with van der Waals surface area (Å²) >= 11 is 0. The highest BCUT2D eigenvalue weighted by molar-refractivity contribution is 5.85. The molecule has 2 saturated carbocycles. The Labute approximate surface area is 148 Å². The fraction of sp³-hybridized carbons (Fsp3) is 0.833. The van der Waals surface area contributed by atoms with E-state index in [9.17, 15) is 19.5 Å². The number of alkyl carbamates (subject to hydrolysis) is 1. The number of carbonyl (C=O) groups excluding carboxylic acids is 2. The molecule has 0 saturated heterocycles. The van der Waals surface area contributed by atoms with Crippen molar-refractivity contribution in [2.24, 2.45) is 11.8 Å². The molecule has 2 aliphatic rings. The van der Waals surface area contributed by atoms with Gasteiger partial charge in [-0.05, 0) is 46.0 Å². The number of amides is 2. The molecule has 1 unspecified atom stereocenters. The SMILES string of the molecule is CC(C)(C)OC(=O)N[C@@H](CC1CCC1)C(CC(=O)O)C(=O)NC1CC1. The molecule has 2 rings (SSSR count). The highest BCUT2D eigenvalue weighted by Gasteiger charge is 2.37. The van der Waals surface area contributed by atoms with E-state index < -0.39 is 29.6 Å². The third-order valence-corrected chi connectivity index (χ3v) is 4.65. The molecule has 3 N–H and O–H groups in total. The lowest BCUT2D eigenvalue weighted by Crippen LogP contribution is -2.50. The molecule has 2 aliphatic carbocycles. The molecule has 0 bridgehead atoms. The molecular formula is C18H30N2O5. The molecule has 0 aromatic carbocycles. The van der Waals surface area contributed by atoms with Gasteiger partial charge in [0.05, 0.1) is 12.3 Å². The molecule has 25 heavy (non-hydrogen) atoms. The van der Waals surface area contributed by atoms with Crippen LogP contribution in [-0.4, -0.2) is 40.8 Å². The van der Waals surface area contributed by atoms with E-state index in [-0.39, 0.29) is 18.4 Å². The van der Waals surface area contributed by atoms with Gasteiger partial charge >= 0.3 is 12.1 Å². The first-order valence-corrected chi connectivity index (χ1v) is 9.15. The van der Waals surface area contributed by atoms with Crippen molar-refractivity contribution < 1.29 is 24.2 Å². The fourth-order valence-corrected chi connectivity index (χ4v) is 3.01. The highest BCUT2D eigenvalue weighted by Crippen LogP contribution is 2.33. The number of carboxylic acids is 1. The van der Waals surface area contributed by atoms with Crippen molar-refractivity contribution in [3.8, 4) is 0 Å². The number of carbonyl (C=O) groups is 3. The summed E-state index contributed by atoms with van der Waals surface area (Å²) in [6, 6.07) is -0.385. The van der Waals surface area contributed by atoms with Crippen molar-refractivity contribution in [1.29, 1.82) is 0 Å². The monoisotopic (exact) mass is 354 g/mol. The van der Waals surface area contributed by atoms with Crippen LogP contribution >= 0.6 is 0 Å². The van der Waals surface area contributed by atoms with Crippen molar-refractivity contribution >= 4 is 18.0 Å². The maximum Gasteiger partial charge on any atom is 0.407 e. The number of ether oxygens (including phenoxy) is 1. The average molecular weight is 354 g/mol. The van der Waals surface area contributed by atoms with Crippen LogP contribution in [0, 0.1) is 11.8 Å². The summed E-state index contributed by atoms with van der Waals surface area (Å²) in [7, 11) is 0. The lowest BCUT2D eigenvalue weighted by Gasteiger charge is -2.34. The van der Waals surface area contributed by atoms with Crippen molar-refractivity contribution in [1.82, 2.24) is 10.6 Å². The number of hydrogen-bond acceptors (Lipinski definition) is 4. The third-order valence-electron chi connectivity index (χ3n) is 4.65. The number of carboxylic acid groups (broad SMARTS) is 1. The van der Waals surface area contributed by atoms with Gasteiger partial charge in [0.2, 0.25) is 5.91 Å². The van der Waals surface area contributed by atoms with Crippen molar-refractivity contribution in [2.75, 3.05) is 0 Å². The van der Waals surface area contributed by atoms with E-state index in [0.29, 0.717) is 12.3 Å². The molecule has 7 nitrogen and oxygen atoms in total. The van der Waals surface area contributed by atoms with Crippen LogP contribution < -0.4 is 10.6 Å². The molecular weight excluding hydrogens is 324 g/mol. The Bertz CT molecular complexity index is 506. The summed E-state index contributed by atoms with van der Waals surface area (Å²) in [5.41, 5.74) is -0.649. The van der Waals surface area contributed by atoms with Gasteiger partial charge in [-0.2, -0.15) is 0 Å². The highest BCUT2D eigenvalue weighted by atomic mass is 16.6. The minimum Gasteiger partial charge on any atom is -0.481 e. The van der Waals surface area contributed by atoms with Crippen LogP contribution in [0.5, 0.6) is 0 Å². The molecule has 0 spiro atoms. The van der Waals surface area contributed by atoms with Gasteiger partial charge in [0.25, 0.3) is 0 Å². The molecule has 0 aromatic heterocycles. The van der Waals surface area contributed by atoms with E-state index in [1.165, 1.54) is 0 Å². The minimum absolute atomic E-state index is 0.148. The van der Waals surface area contributed by atoms with Crippen LogP contribution in [0.4, 0.5) is 4.79 Å². The maximum atomic E-state index is 12.6. The van der Waals surface area contributed by atoms with Crippen LogP contribution in [0.15, 0.2) is 0 Å². The van der Waals surface area contributed by atoms with E-state index in [0.717, 1.165) is 32.1 Å². The summed E-state index contributed by atoms with van der Waals surface area (Å²) < 4.78 is 5.30. The molecule has 0 aromatic rings. The van der Waals surface area contributed by atoms with Crippen LogP contribution in [0.25, 0.3) is 0 Å². The van der Waals surface area contributed by atoms with E-state index in [2.05, 4.69) is 10.6 Å². The van der Waals surface area contributed by atoms with Gasteiger partial charge in [-0.25, -0.2) is 4.79 Å².